The maximum Gasteiger partial charge on any atom is 0.235 e. The molecule has 1 atom stereocenters. The molecule has 5 nitrogen and oxygen atoms in total. The first-order valence-corrected chi connectivity index (χ1v) is 8.79. The summed E-state index contributed by atoms with van der Waals surface area (Å²) in [4.78, 5) is 16.1. The molecule has 130 valence electrons. The molecule has 0 aliphatic heterocycles. The zero-order valence-corrected chi connectivity index (χ0v) is 15.4. The number of thiazole rings is 1. The second kappa shape index (κ2) is 7.77. The topological polar surface area (TPSA) is 77.2 Å². The van der Waals surface area contributed by atoms with Gasteiger partial charge in [0.2, 0.25) is 5.91 Å². The maximum absolute atomic E-state index is 11.6. The fourth-order valence-electron chi connectivity index (χ4n) is 2.32. The van der Waals surface area contributed by atoms with Gasteiger partial charge in [-0.1, -0.05) is 38.5 Å². The first-order valence-electron chi connectivity index (χ1n) is 7.91. The number of carbonyl (C=O) groups is 1. The van der Waals surface area contributed by atoms with Crippen LogP contribution in [0.3, 0.4) is 0 Å². The Labute approximate surface area is 147 Å². The van der Waals surface area contributed by atoms with Crippen LogP contribution in [-0.2, 0) is 17.9 Å². The molecule has 0 fully saturated rings. The van der Waals surface area contributed by atoms with Gasteiger partial charge >= 0.3 is 0 Å². The van der Waals surface area contributed by atoms with Gasteiger partial charge in [-0.2, -0.15) is 0 Å². The molecule has 1 heterocycles. The molecule has 2 rings (SSSR count). The second-order valence-corrected chi connectivity index (χ2v) is 7.86. The predicted molar refractivity (Wildman–Crippen MR) is 96.9 cm³/mol. The van der Waals surface area contributed by atoms with E-state index in [1.165, 1.54) is 5.56 Å². The predicted octanol–water partition coefficient (Wildman–Crippen LogP) is 3.02. The van der Waals surface area contributed by atoms with Gasteiger partial charge < -0.3 is 10.5 Å². The van der Waals surface area contributed by atoms with E-state index in [0.717, 1.165) is 16.5 Å². The number of aryl methyl sites for hydroxylation is 1. The molecule has 0 bridgehead atoms. The summed E-state index contributed by atoms with van der Waals surface area (Å²) in [5.41, 5.74) is 7.33. The van der Waals surface area contributed by atoms with Crippen molar-refractivity contribution in [1.29, 1.82) is 0 Å². The largest absolute Gasteiger partial charge is 0.486 e. The minimum atomic E-state index is -0.397. The number of nitrogens with two attached hydrogens (primary N) is 1. The van der Waals surface area contributed by atoms with Crippen molar-refractivity contribution < 1.29 is 9.53 Å². The molecule has 0 spiro atoms. The van der Waals surface area contributed by atoms with Crippen LogP contribution in [0.2, 0.25) is 0 Å². The average molecular weight is 347 g/mol. The molecule has 1 unspecified atom stereocenters. The van der Waals surface area contributed by atoms with Crippen LogP contribution < -0.4 is 15.8 Å². The number of ether oxygens (including phenoxy) is 1. The first kappa shape index (κ1) is 18.4. The number of amides is 1. The molecular formula is C18H25N3O2S. The van der Waals surface area contributed by atoms with Crippen LogP contribution in [-0.4, -0.2) is 16.9 Å². The number of nitrogens with zero attached hydrogens (tertiary/aromatic N) is 1. The quantitative estimate of drug-likeness (QED) is 0.807. The highest BCUT2D eigenvalue weighted by molar-refractivity contribution is 7.09. The average Bonchev–Trinajstić information content (AvgIpc) is 2.93. The minimum Gasteiger partial charge on any atom is -0.486 e. The van der Waals surface area contributed by atoms with Gasteiger partial charge in [-0.15, -0.1) is 11.3 Å². The van der Waals surface area contributed by atoms with E-state index in [1.807, 2.05) is 57.3 Å². The van der Waals surface area contributed by atoms with Crippen LogP contribution in [0.25, 0.3) is 0 Å². The Balaban J connectivity index is 1.88. The summed E-state index contributed by atoms with van der Waals surface area (Å²) in [6, 6.07) is 7.54. The highest BCUT2D eigenvalue weighted by atomic mass is 32.1. The van der Waals surface area contributed by atoms with Gasteiger partial charge in [-0.25, -0.2) is 4.98 Å². The Kier molecular flexibility index (Phi) is 5.96. The summed E-state index contributed by atoms with van der Waals surface area (Å²) in [6.45, 7) is 8.94. The van der Waals surface area contributed by atoms with E-state index in [4.69, 9.17) is 10.5 Å². The van der Waals surface area contributed by atoms with Crippen molar-refractivity contribution in [2.24, 2.45) is 11.1 Å². The number of benzene rings is 1. The Morgan fingerprint density at radius 1 is 1.33 bits per heavy atom. The van der Waals surface area contributed by atoms with Crippen molar-refractivity contribution in [3.8, 4) is 5.75 Å². The SMILES string of the molecule is Cc1ccc(OCc2nc(CNC(C(N)=O)C(C)(C)C)cs2)cc1. The normalized spacial score (nSPS) is 12.8. The summed E-state index contributed by atoms with van der Waals surface area (Å²) in [5, 5.41) is 6.07. The highest BCUT2D eigenvalue weighted by Gasteiger charge is 2.29. The fourth-order valence-corrected chi connectivity index (χ4v) is 3.02. The highest BCUT2D eigenvalue weighted by Crippen LogP contribution is 2.20. The number of aromatic nitrogens is 1. The van der Waals surface area contributed by atoms with E-state index in [9.17, 15) is 4.79 Å². The molecule has 6 heteroatoms. The van der Waals surface area contributed by atoms with Crippen molar-refractivity contribution in [1.82, 2.24) is 10.3 Å². The zero-order chi connectivity index (χ0) is 17.7. The Morgan fingerprint density at radius 2 is 2.00 bits per heavy atom. The zero-order valence-electron chi connectivity index (χ0n) is 14.6. The van der Waals surface area contributed by atoms with Crippen LogP contribution in [0.15, 0.2) is 29.6 Å². The summed E-state index contributed by atoms with van der Waals surface area (Å²) in [7, 11) is 0. The van der Waals surface area contributed by atoms with E-state index in [-0.39, 0.29) is 11.3 Å². The molecular weight excluding hydrogens is 322 g/mol. The summed E-state index contributed by atoms with van der Waals surface area (Å²) < 4.78 is 5.73. The van der Waals surface area contributed by atoms with Crippen LogP contribution in [0.4, 0.5) is 0 Å². The van der Waals surface area contributed by atoms with Gasteiger partial charge in [-0.3, -0.25) is 10.1 Å². The van der Waals surface area contributed by atoms with Gasteiger partial charge in [0, 0.05) is 11.9 Å². The molecule has 1 amide bonds. The molecule has 0 aliphatic carbocycles. The van der Waals surface area contributed by atoms with Crippen molar-refractivity contribution in [2.75, 3.05) is 0 Å². The molecule has 0 radical (unpaired) electrons. The van der Waals surface area contributed by atoms with Gasteiger partial charge in [0.25, 0.3) is 0 Å². The van der Waals surface area contributed by atoms with Gasteiger partial charge in [0.15, 0.2) is 0 Å². The molecule has 0 saturated carbocycles. The lowest BCUT2D eigenvalue weighted by molar-refractivity contribution is -0.122. The van der Waals surface area contributed by atoms with Crippen molar-refractivity contribution >= 4 is 17.2 Å². The summed E-state index contributed by atoms with van der Waals surface area (Å²) >= 11 is 1.55. The minimum absolute atomic E-state index is 0.237. The lowest BCUT2D eigenvalue weighted by Gasteiger charge is -2.28. The number of carbonyl (C=O) groups excluding carboxylic acids is 1. The second-order valence-electron chi connectivity index (χ2n) is 6.92. The van der Waals surface area contributed by atoms with Crippen molar-refractivity contribution in [2.45, 2.75) is 46.9 Å². The smallest absolute Gasteiger partial charge is 0.235 e. The Bertz CT molecular complexity index is 674. The van der Waals surface area contributed by atoms with E-state index < -0.39 is 6.04 Å². The summed E-state index contributed by atoms with van der Waals surface area (Å²) in [5.74, 6) is 0.484. The van der Waals surface area contributed by atoms with Crippen molar-refractivity contribution in [3.05, 3.63) is 45.9 Å². The number of rotatable bonds is 7. The first-order chi connectivity index (χ1) is 11.3. The molecule has 2 aromatic rings. The van der Waals surface area contributed by atoms with E-state index in [0.29, 0.717) is 13.2 Å². The van der Waals surface area contributed by atoms with Crippen molar-refractivity contribution in [3.63, 3.8) is 0 Å². The monoisotopic (exact) mass is 347 g/mol. The summed E-state index contributed by atoms with van der Waals surface area (Å²) in [6.07, 6.45) is 0. The standard InChI is InChI=1S/C18H25N3O2S/c1-12-5-7-14(8-6-12)23-10-15-21-13(11-24-15)9-20-16(17(19)22)18(2,3)4/h5-8,11,16,20H,9-10H2,1-4H3,(H2,19,22). The maximum atomic E-state index is 11.6. The van der Waals surface area contributed by atoms with Crippen LogP contribution in [0, 0.1) is 12.3 Å². The molecule has 1 aromatic heterocycles. The third-order valence-electron chi connectivity index (χ3n) is 3.62. The van der Waals surface area contributed by atoms with Crippen LogP contribution >= 0.6 is 11.3 Å². The number of hydrogen-bond acceptors (Lipinski definition) is 5. The molecule has 0 aliphatic rings. The van der Waals surface area contributed by atoms with Gasteiger partial charge in [-0.05, 0) is 24.5 Å². The third-order valence-corrected chi connectivity index (χ3v) is 4.49. The van der Waals surface area contributed by atoms with E-state index in [2.05, 4.69) is 10.3 Å². The van der Waals surface area contributed by atoms with Gasteiger partial charge in [0.05, 0.1) is 11.7 Å². The molecule has 0 saturated heterocycles. The van der Waals surface area contributed by atoms with E-state index in [1.54, 1.807) is 11.3 Å². The van der Waals surface area contributed by atoms with Crippen LogP contribution in [0.1, 0.15) is 37.0 Å². The molecule has 3 N–H and O–H groups in total. The Morgan fingerprint density at radius 3 is 2.58 bits per heavy atom. The Hall–Kier alpha value is -1.92. The third kappa shape index (κ3) is 5.32. The van der Waals surface area contributed by atoms with Gasteiger partial charge in [0.1, 0.15) is 17.4 Å². The number of primary amides is 1. The lowest BCUT2D eigenvalue weighted by Crippen LogP contribution is -2.49. The molecule has 1 aromatic carbocycles. The number of nitrogens with one attached hydrogen (secondary N) is 1. The van der Waals surface area contributed by atoms with E-state index >= 15 is 0 Å². The van der Waals surface area contributed by atoms with Crippen LogP contribution in [0.5, 0.6) is 5.75 Å². The lowest BCUT2D eigenvalue weighted by atomic mass is 9.86. The number of hydrogen-bond donors (Lipinski definition) is 2. The molecule has 24 heavy (non-hydrogen) atoms. The fraction of sp³-hybridized carbons (Fsp3) is 0.444.